The summed E-state index contributed by atoms with van der Waals surface area (Å²) in [5.74, 6) is -0.553. The van der Waals surface area contributed by atoms with Crippen LogP contribution >= 0.6 is 0 Å². The summed E-state index contributed by atoms with van der Waals surface area (Å²) in [6.45, 7) is 9.34. The highest BCUT2D eigenvalue weighted by molar-refractivity contribution is 6.99. The van der Waals surface area contributed by atoms with Crippen molar-refractivity contribution in [3.8, 4) is 0 Å². The van der Waals surface area contributed by atoms with Crippen LogP contribution in [0.25, 0.3) is 0 Å². The van der Waals surface area contributed by atoms with Gasteiger partial charge in [0, 0.05) is 25.4 Å². The fourth-order valence-electron chi connectivity index (χ4n) is 6.55. The number of hydrogen-bond acceptors (Lipinski definition) is 5. The van der Waals surface area contributed by atoms with Crippen LogP contribution in [0.5, 0.6) is 0 Å². The molecule has 5 rings (SSSR count). The molecule has 2 aromatic rings. The highest BCUT2D eigenvalue weighted by Crippen LogP contribution is 2.45. The minimum Gasteiger partial charge on any atom is -0.405 e. The van der Waals surface area contributed by atoms with E-state index in [-0.39, 0.29) is 36.1 Å². The molecule has 0 aromatic heterocycles. The van der Waals surface area contributed by atoms with E-state index in [1.54, 1.807) is 0 Å². The van der Waals surface area contributed by atoms with Crippen molar-refractivity contribution in [1.29, 1.82) is 0 Å². The number of aliphatic hydroxyl groups is 1. The Balaban J connectivity index is 1.41. The van der Waals surface area contributed by atoms with E-state index in [2.05, 4.69) is 88.4 Å². The molecular formula is C30H42O5Si. The molecule has 6 heteroatoms. The molecule has 2 saturated heterocycles. The molecule has 2 aromatic carbocycles. The van der Waals surface area contributed by atoms with Crippen LogP contribution in [0.4, 0.5) is 0 Å². The second kappa shape index (κ2) is 10.3. The molecule has 1 N–H and O–H groups in total. The zero-order valence-corrected chi connectivity index (χ0v) is 23.2. The average Bonchev–Trinajstić information content (AvgIpc) is 3.24. The molecule has 5 atom stereocenters. The molecule has 0 bridgehead atoms. The second-order valence-electron chi connectivity index (χ2n) is 11.9. The van der Waals surface area contributed by atoms with Gasteiger partial charge in [-0.2, -0.15) is 0 Å². The molecule has 2 aliphatic heterocycles. The molecule has 0 amide bonds. The Morgan fingerprint density at radius 1 is 0.917 bits per heavy atom. The Bertz CT molecular complexity index is 946. The van der Waals surface area contributed by atoms with Crippen molar-refractivity contribution in [1.82, 2.24) is 0 Å². The topological polar surface area (TPSA) is 57.2 Å². The van der Waals surface area contributed by atoms with Crippen molar-refractivity contribution >= 4 is 18.7 Å². The lowest BCUT2D eigenvalue weighted by Gasteiger charge is -2.45. The first kappa shape index (κ1) is 26.1. The van der Waals surface area contributed by atoms with Gasteiger partial charge in [-0.3, -0.25) is 0 Å². The fourth-order valence-corrected chi connectivity index (χ4v) is 11.3. The van der Waals surface area contributed by atoms with Crippen molar-refractivity contribution in [3.63, 3.8) is 0 Å². The van der Waals surface area contributed by atoms with Crippen molar-refractivity contribution in [2.75, 3.05) is 6.61 Å². The highest BCUT2D eigenvalue weighted by atomic mass is 28.4. The molecule has 196 valence electrons. The Kier molecular flexibility index (Phi) is 7.47. The molecule has 2 heterocycles. The van der Waals surface area contributed by atoms with Gasteiger partial charge in [-0.25, -0.2) is 0 Å². The maximum Gasteiger partial charge on any atom is 0.261 e. The fraction of sp³-hybridized carbons (Fsp3) is 0.600. The third-order valence-corrected chi connectivity index (χ3v) is 13.4. The van der Waals surface area contributed by atoms with Gasteiger partial charge < -0.3 is 23.7 Å². The molecule has 1 aliphatic carbocycles. The van der Waals surface area contributed by atoms with E-state index < -0.39 is 20.2 Å². The van der Waals surface area contributed by atoms with Gasteiger partial charge in [0.05, 0.1) is 12.7 Å². The summed E-state index contributed by atoms with van der Waals surface area (Å²) >= 11 is 0. The number of benzene rings is 2. The summed E-state index contributed by atoms with van der Waals surface area (Å²) in [6, 6.07) is 21.5. The summed E-state index contributed by atoms with van der Waals surface area (Å²) in [5.41, 5.74) is 0. The van der Waals surface area contributed by atoms with Crippen LogP contribution in [0.3, 0.4) is 0 Å². The Morgan fingerprint density at radius 3 is 2.03 bits per heavy atom. The van der Waals surface area contributed by atoms with Crippen LogP contribution in [0.15, 0.2) is 60.7 Å². The maximum atomic E-state index is 10.7. The van der Waals surface area contributed by atoms with Gasteiger partial charge in [0.2, 0.25) is 0 Å². The lowest BCUT2D eigenvalue weighted by molar-refractivity contribution is -0.200. The number of aliphatic hydroxyl groups excluding tert-OH is 1. The SMILES string of the molecule is CC(C[C@@H]1OC[C@H](O)[C@H]2OC3(CCCCC3)O[C@H]21)O[Si](c1ccccc1)(c1ccccc1)C(C)(C)C. The summed E-state index contributed by atoms with van der Waals surface area (Å²) in [5, 5.41) is 13.1. The van der Waals surface area contributed by atoms with Crippen LogP contribution in [-0.4, -0.2) is 56.3 Å². The lowest BCUT2D eigenvalue weighted by Crippen LogP contribution is -2.67. The standard InChI is InChI=1S/C30H42O5Si/c1-22(20-26-28-27(25(31)21-32-26)33-30(34-28)18-12-7-13-19-30)35-36(29(2,3)4,23-14-8-5-9-15-23)24-16-10-6-11-17-24/h5-6,8-11,14-17,22,25-28,31H,7,12-13,18-21H2,1-4H3/t22?,25-,26-,27+,28-/m0/s1. The van der Waals surface area contributed by atoms with Gasteiger partial charge in [-0.05, 0) is 35.2 Å². The van der Waals surface area contributed by atoms with Crippen LogP contribution in [-0.2, 0) is 18.6 Å². The molecule has 1 saturated carbocycles. The Hall–Kier alpha value is -1.54. The zero-order chi connectivity index (χ0) is 25.4. The number of ether oxygens (including phenoxy) is 3. The number of fused-ring (bicyclic) bond motifs is 1. The molecule has 3 aliphatic rings. The van der Waals surface area contributed by atoms with E-state index in [0.717, 1.165) is 25.7 Å². The minimum absolute atomic E-state index is 0.0660. The first-order chi connectivity index (χ1) is 17.2. The monoisotopic (exact) mass is 510 g/mol. The third-order valence-electron chi connectivity index (χ3n) is 8.23. The van der Waals surface area contributed by atoms with Gasteiger partial charge in [0.25, 0.3) is 8.32 Å². The predicted octanol–water partition coefficient (Wildman–Crippen LogP) is 4.55. The van der Waals surface area contributed by atoms with Gasteiger partial charge in [0.1, 0.15) is 18.3 Å². The van der Waals surface area contributed by atoms with Gasteiger partial charge in [0.15, 0.2) is 5.79 Å². The van der Waals surface area contributed by atoms with Crippen LogP contribution in [0.2, 0.25) is 5.04 Å². The number of rotatable bonds is 6. The summed E-state index contributed by atoms with van der Waals surface area (Å²) in [7, 11) is -2.66. The van der Waals surface area contributed by atoms with Crippen LogP contribution in [0.1, 0.15) is 66.2 Å². The average molecular weight is 511 g/mol. The van der Waals surface area contributed by atoms with Crippen molar-refractivity contribution in [2.45, 2.75) is 108 Å². The molecule has 36 heavy (non-hydrogen) atoms. The Morgan fingerprint density at radius 2 is 1.47 bits per heavy atom. The molecule has 0 radical (unpaired) electrons. The van der Waals surface area contributed by atoms with E-state index >= 15 is 0 Å². The smallest absolute Gasteiger partial charge is 0.261 e. The summed E-state index contributed by atoms with van der Waals surface area (Å²) < 4.78 is 26.5. The van der Waals surface area contributed by atoms with Crippen molar-refractivity contribution in [3.05, 3.63) is 60.7 Å². The molecule has 3 fully saturated rings. The van der Waals surface area contributed by atoms with Crippen LogP contribution in [0, 0.1) is 0 Å². The van der Waals surface area contributed by atoms with Crippen molar-refractivity contribution in [2.24, 2.45) is 0 Å². The maximum absolute atomic E-state index is 10.7. The lowest BCUT2D eigenvalue weighted by atomic mass is 9.94. The first-order valence-corrected chi connectivity index (χ1v) is 15.6. The van der Waals surface area contributed by atoms with Gasteiger partial charge in [-0.15, -0.1) is 0 Å². The quantitative estimate of drug-likeness (QED) is 0.578. The van der Waals surface area contributed by atoms with E-state index in [4.69, 9.17) is 18.6 Å². The number of hydrogen-bond donors (Lipinski definition) is 1. The van der Waals surface area contributed by atoms with E-state index in [1.807, 2.05) is 0 Å². The van der Waals surface area contributed by atoms with Gasteiger partial charge >= 0.3 is 0 Å². The predicted molar refractivity (Wildman–Crippen MR) is 144 cm³/mol. The molecule has 1 unspecified atom stereocenters. The summed E-state index contributed by atoms with van der Waals surface area (Å²) in [4.78, 5) is 0. The molecule has 1 spiro atoms. The molecular weight excluding hydrogens is 468 g/mol. The first-order valence-electron chi connectivity index (χ1n) is 13.7. The van der Waals surface area contributed by atoms with E-state index in [9.17, 15) is 5.11 Å². The molecule has 5 nitrogen and oxygen atoms in total. The zero-order valence-electron chi connectivity index (χ0n) is 22.2. The van der Waals surface area contributed by atoms with E-state index in [0.29, 0.717) is 6.42 Å². The third kappa shape index (κ3) is 4.84. The summed E-state index contributed by atoms with van der Waals surface area (Å²) in [6.07, 6.45) is 4.42. The van der Waals surface area contributed by atoms with E-state index in [1.165, 1.54) is 16.8 Å². The minimum atomic E-state index is -2.66. The van der Waals surface area contributed by atoms with Gasteiger partial charge in [-0.1, -0.05) is 87.9 Å². The largest absolute Gasteiger partial charge is 0.405 e. The van der Waals surface area contributed by atoms with Crippen molar-refractivity contribution < 1.29 is 23.7 Å². The van der Waals surface area contributed by atoms with Crippen LogP contribution < -0.4 is 10.4 Å². The highest BCUT2D eigenvalue weighted by Gasteiger charge is 2.56. The Labute approximate surface area is 217 Å². The normalized spacial score (nSPS) is 29.1. The second-order valence-corrected chi connectivity index (χ2v) is 16.2.